The SMILES string of the molecule is Cc1nccnc1Nc1ncc2c(n1)N(C1CCCC1)CCC(=O)N2C. The highest BCUT2D eigenvalue weighted by atomic mass is 16.2. The van der Waals surface area contributed by atoms with E-state index in [-0.39, 0.29) is 5.91 Å². The van der Waals surface area contributed by atoms with E-state index in [1.54, 1.807) is 30.5 Å². The van der Waals surface area contributed by atoms with Crippen LogP contribution < -0.4 is 15.1 Å². The van der Waals surface area contributed by atoms with Crippen LogP contribution in [0.15, 0.2) is 18.6 Å². The maximum atomic E-state index is 12.4. The molecule has 0 atom stereocenters. The summed E-state index contributed by atoms with van der Waals surface area (Å²) in [4.78, 5) is 34.0. The average molecular weight is 353 g/mol. The topological polar surface area (TPSA) is 87.1 Å². The van der Waals surface area contributed by atoms with Gasteiger partial charge in [0.15, 0.2) is 11.6 Å². The van der Waals surface area contributed by atoms with Crippen molar-refractivity contribution in [2.45, 2.75) is 45.1 Å². The van der Waals surface area contributed by atoms with Crippen molar-refractivity contribution in [3.05, 3.63) is 24.3 Å². The van der Waals surface area contributed by atoms with Gasteiger partial charge in [0, 0.05) is 38.4 Å². The first-order valence-electron chi connectivity index (χ1n) is 9.08. The molecule has 0 spiro atoms. The molecule has 3 heterocycles. The van der Waals surface area contributed by atoms with E-state index in [0.29, 0.717) is 30.8 Å². The molecular formula is C18H23N7O. The number of rotatable bonds is 3. The first-order valence-corrected chi connectivity index (χ1v) is 9.08. The lowest BCUT2D eigenvalue weighted by Gasteiger charge is -2.30. The van der Waals surface area contributed by atoms with Gasteiger partial charge in [0.25, 0.3) is 0 Å². The number of hydrogen-bond acceptors (Lipinski definition) is 7. The number of aromatic nitrogens is 4. The van der Waals surface area contributed by atoms with Crippen LogP contribution in [0.3, 0.4) is 0 Å². The Morgan fingerprint density at radius 1 is 1.15 bits per heavy atom. The summed E-state index contributed by atoms with van der Waals surface area (Å²) < 4.78 is 0. The van der Waals surface area contributed by atoms with E-state index in [1.165, 1.54) is 12.8 Å². The second-order valence-electron chi connectivity index (χ2n) is 6.85. The molecule has 8 heteroatoms. The first kappa shape index (κ1) is 16.7. The van der Waals surface area contributed by atoms with Gasteiger partial charge in [-0.2, -0.15) is 4.98 Å². The zero-order valence-corrected chi connectivity index (χ0v) is 15.1. The van der Waals surface area contributed by atoms with Gasteiger partial charge in [-0.15, -0.1) is 0 Å². The van der Waals surface area contributed by atoms with Crippen LogP contribution in [-0.4, -0.2) is 45.5 Å². The first-order chi connectivity index (χ1) is 12.6. The van der Waals surface area contributed by atoms with E-state index in [9.17, 15) is 4.79 Å². The van der Waals surface area contributed by atoms with Crippen LogP contribution in [0.5, 0.6) is 0 Å². The molecule has 0 unspecified atom stereocenters. The smallest absolute Gasteiger partial charge is 0.230 e. The Balaban J connectivity index is 1.72. The van der Waals surface area contributed by atoms with Crippen molar-refractivity contribution in [2.24, 2.45) is 0 Å². The quantitative estimate of drug-likeness (QED) is 0.907. The molecule has 8 nitrogen and oxygen atoms in total. The Bertz CT molecular complexity index is 819. The van der Waals surface area contributed by atoms with E-state index in [1.807, 2.05) is 6.92 Å². The molecule has 1 aliphatic carbocycles. The molecule has 2 aliphatic rings. The Hall–Kier alpha value is -2.77. The van der Waals surface area contributed by atoms with Crippen molar-refractivity contribution in [1.29, 1.82) is 0 Å². The number of nitrogens with zero attached hydrogens (tertiary/aromatic N) is 6. The van der Waals surface area contributed by atoms with Gasteiger partial charge in [-0.25, -0.2) is 9.97 Å². The van der Waals surface area contributed by atoms with Crippen LogP contribution >= 0.6 is 0 Å². The van der Waals surface area contributed by atoms with Crippen LogP contribution in [0, 0.1) is 6.92 Å². The molecule has 2 aromatic heterocycles. The molecular weight excluding hydrogens is 330 g/mol. The van der Waals surface area contributed by atoms with Gasteiger partial charge in [-0.1, -0.05) is 12.8 Å². The zero-order chi connectivity index (χ0) is 18.1. The summed E-state index contributed by atoms with van der Waals surface area (Å²) in [5, 5.41) is 3.15. The minimum absolute atomic E-state index is 0.0980. The van der Waals surface area contributed by atoms with Gasteiger partial charge >= 0.3 is 0 Å². The Kier molecular flexibility index (Phi) is 4.40. The lowest BCUT2D eigenvalue weighted by Crippen LogP contribution is -2.34. The van der Waals surface area contributed by atoms with Crippen LogP contribution in [0.2, 0.25) is 0 Å². The average Bonchev–Trinajstić information content (AvgIpc) is 3.14. The largest absolute Gasteiger partial charge is 0.351 e. The molecule has 0 saturated heterocycles. The summed E-state index contributed by atoms with van der Waals surface area (Å²) in [5.41, 5.74) is 1.55. The molecule has 1 amide bonds. The Morgan fingerprint density at radius 3 is 2.69 bits per heavy atom. The van der Waals surface area contributed by atoms with Gasteiger partial charge in [0.1, 0.15) is 5.69 Å². The van der Waals surface area contributed by atoms with Crippen LogP contribution in [0.25, 0.3) is 0 Å². The lowest BCUT2D eigenvalue weighted by atomic mass is 10.2. The molecule has 1 saturated carbocycles. The summed E-state index contributed by atoms with van der Waals surface area (Å²) in [7, 11) is 1.79. The summed E-state index contributed by atoms with van der Waals surface area (Å²) in [6, 6.07) is 0.439. The van der Waals surface area contributed by atoms with E-state index in [0.717, 1.165) is 30.0 Å². The number of amides is 1. The third-order valence-electron chi connectivity index (χ3n) is 5.20. The fraction of sp³-hybridized carbons (Fsp3) is 0.500. The number of hydrogen-bond donors (Lipinski definition) is 1. The highest BCUT2D eigenvalue weighted by Crippen LogP contribution is 2.36. The molecule has 1 aliphatic heterocycles. The molecule has 1 fully saturated rings. The van der Waals surface area contributed by atoms with Gasteiger partial charge in [0.2, 0.25) is 11.9 Å². The number of carbonyl (C=O) groups is 1. The minimum Gasteiger partial charge on any atom is -0.351 e. The fourth-order valence-electron chi connectivity index (χ4n) is 3.71. The van der Waals surface area contributed by atoms with Crippen molar-refractivity contribution in [3.8, 4) is 0 Å². The molecule has 0 aromatic carbocycles. The fourth-order valence-corrected chi connectivity index (χ4v) is 3.71. The van der Waals surface area contributed by atoms with Gasteiger partial charge < -0.3 is 15.1 Å². The summed E-state index contributed by atoms with van der Waals surface area (Å²) >= 11 is 0. The van der Waals surface area contributed by atoms with Crippen molar-refractivity contribution in [2.75, 3.05) is 28.7 Å². The highest BCUT2D eigenvalue weighted by molar-refractivity contribution is 5.97. The lowest BCUT2D eigenvalue weighted by molar-refractivity contribution is -0.118. The van der Waals surface area contributed by atoms with Gasteiger partial charge in [-0.05, 0) is 19.8 Å². The molecule has 0 bridgehead atoms. The predicted molar refractivity (Wildman–Crippen MR) is 99.7 cm³/mol. The summed E-state index contributed by atoms with van der Waals surface area (Å²) in [5.74, 6) is 2.03. The molecule has 0 radical (unpaired) electrons. The summed E-state index contributed by atoms with van der Waals surface area (Å²) in [6.45, 7) is 2.58. The van der Waals surface area contributed by atoms with E-state index >= 15 is 0 Å². The van der Waals surface area contributed by atoms with Crippen LogP contribution in [0.1, 0.15) is 37.8 Å². The molecule has 2 aromatic rings. The molecule has 4 rings (SSSR count). The van der Waals surface area contributed by atoms with E-state index < -0.39 is 0 Å². The third-order valence-corrected chi connectivity index (χ3v) is 5.20. The number of nitrogens with one attached hydrogen (secondary N) is 1. The van der Waals surface area contributed by atoms with Crippen molar-refractivity contribution in [3.63, 3.8) is 0 Å². The Morgan fingerprint density at radius 2 is 1.92 bits per heavy atom. The standard InChI is InChI=1S/C18H23N7O/c1-12-16(20-9-8-19-12)22-18-21-11-14-17(23-18)25(13-5-3-4-6-13)10-7-15(26)24(14)2/h8-9,11,13H,3-7,10H2,1-2H3,(H,20,21,22,23). The highest BCUT2D eigenvalue weighted by Gasteiger charge is 2.31. The molecule has 26 heavy (non-hydrogen) atoms. The van der Waals surface area contributed by atoms with Crippen LogP contribution in [-0.2, 0) is 4.79 Å². The summed E-state index contributed by atoms with van der Waals surface area (Å²) in [6.07, 6.45) is 10.3. The van der Waals surface area contributed by atoms with E-state index in [2.05, 4.69) is 25.2 Å². The maximum Gasteiger partial charge on any atom is 0.230 e. The second-order valence-corrected chi connectivity index (χ2v) is 6.85. The number of anilines is 4. The van der Waals surface area contributed by atoms with E-state index in [4.69, 9.17) is 4.98 Å². The normalized spacial score (nSPS) is 18.0. The van der Waals surface area contributed by atoms with Crippen molar-refractivity contribution in [1.82, 2.24) is 19.9 Å². The van der Waals surface area contributed by atoms with Crippen LogP contribution in [0.4, 0.5) is 23.3 Å². The number of aryl methyl sites for hydroxylation is 1. The zero-order valence-electron chi connectivity index (χ0n) is 15.1. The maximum absolute atomic E-state index is 12.4. The third kappa shape index (κ3) is 3.07. The number of fused-ring (bicyclic) bond motifs is 1. The molecule has 136 valence electrons. The minimum atomic E-state index is 0.0980. The second kappa shape index (κ2) is 6.86. The van der Waals surface area contributed by atoms with Crippen molar-refractivity contribution < 1.29 is 4.79 Å². The molecule has 1 N–H and O–H groups in total. The van der Waals surface area contributed by atoms with Crippen molar-refractivity contribution >= 4 is 29.2 Å². The van der Waals surface area contributed by atoms with Gasteiger partial charge in [-0.3, -0.25) is 9.78 Å². The predicted octanol–water partition coefficient (Wildman–Crippen LogP) is 2.43. The van der Waals surface area contributed by atoms with Gasteiger partial charge in [0.05, 0.1) is 11.9 Å². The number of carbonyl (C=O) groups excluding carboxylic acids is 1. The monoisotopic (exact) mass is 353 g/mol. The Labute approximate surface area is 152 Å².